The lowest BCUT2D eigenvalue weighted by molar-refractivity contribution is -0.137. The third-order valence-corrected chi connectivity index (χ3v) is 5.08. The molecule has 1 aliphatic heterocycles. The number of hydrogen-bond donors (Lipinski definition) is 1. The van der Waals surface area contributed by atoms with Gasteiger partial charge in [-0.15, -0.1) is 24.8 Å². The molecule has 2 fully saturated rings. The predicted octanol–water partition coefficient (Wildman–Crippen LogP) is 2.96. The molecule has 24 heavy (non-hydrogen) atoms. The van der Waals surface area contributed by atoms with E-state index in [1.165, 1.54) is 5.56 Å². The lowest BCUT2D eigenvalue weighted by Crippen LogP contribution is -2.49. The van der Waals surface area contributed by atoms with E-state index in [0.29, 0.717) is 5.91 Å². The van der Waals surface area contributed by atoms with E-state index in [0.717, 1.165) is 57.0 Å². The quantitative estimate of drug-likeness (QED) is 0.857. The lowest BCUT2D eigenvalue weighted by Gasteiger charge is -2.36. The summed E-state index contributed by atoms with van der Waals surface area (Å²) in [5, 5.41) is 0.772. The van der Waals surface area contributed by atoms with Crippen LogP contribution >= 0.6 is 36.4 Å². The van der Waals surface area contributed by atoms with Crippen LogP contribution in [0, 0.1) is 5.92 Å². The number of carbonyl (C=O) groups is 1. The summed E-state index contributed by atoms with van der Waals surface area (Å²) < 4.78 is 0. The highest BCUT2D eigenvalue weighted by Crippen LogP contribution is 2.26. The van der Waals surface area contributed by atoms with Crippen LogP contribution in [0.25, 0.3) is 0 Å². The maximum atomic E-state index is 12.5. The molecule has 2 unspecified atom stereocenters. The molecule has 1 aromatic rings. The molecule has 1 heterocycles. The number of amides is 1. The van der Waals surface area contributed by atoms with E-state index in [2.05, 4.69) is 17.0 Å². The van der Waals surface area contributed by atoms with Crippen LogP contribution in [0.4, 0.5) is 0 Å². The number of nitrogens with zero attached hydrogens (tertiary/aromatic N) is 2. The van der Waals surface area contributed by atoms with Crippen LogP contribution in [0.5, 0.6) is 0 Å². The Hall–Kier alpha value is -0.520. The molecule has 0 bridgehead atoms. The largest absolute Gasteiger partial charge is 0.340 e. The fourth-order valence-electron chi connectivity index (χ4n) is 3.47. The molecule has 1 aliphatic carbocycles. The maximum absolute atomic E-state index is 12.5. The van der Waals surface area contributed by atoms with Crippen molar-refractivity contribution < 1.29 is 4.79 Å². The van der Waals surface area contributed by atoms with Gasteiger partial charge in [0.05, 0.1) is 0 Å². The topological polar surface area (TPSA) is 49.6 Å². The molecule has 2 atom stereocenters. The lowest BCUT2D eigenvalue weighted by atomic mass is 10.1. The monoisotopic (exact) mass is 393 g/mol. The van der Waals surface area contributed by atoms with Crippen LogP contribution in [0.15, 0.2) is 24.3 Å². The van der Waals surface area contributed by atoms with E-state index in [9.17, 15) is 4.79 Å². The fourth-order valence-corrected chi connectivity index (χ4v) is 3.60. The molecular weight excluding hydrogens is 369 g/mol. The zero-order chi connectivity index (χ0) is 15.5. The van der Waals surface area contributed by atoms with Crippen molar-refractivity contribution in [1.29, 1.82) is 0 Å². The normalized spacial score (nSPS) is 24.2. The fraction of sp³-hybridized carbons (Fsp3) is 0.588. The number of hydrogen-bond acceptors (Lipinski definition) is 3. The maximum Gasteiger partial charge on any atom is 0.225 e. The van der Waals surface area contributed by atoms with Crippen molar-refractivity contribution in [2.75, 3.05) is 26.2 Å². The second-order valence-corrected chi connectivity index (χ2v) is 6.93. The average Bonchev–Trinajstić information content (AvgIpc) is 2.96. The molecule has 1 saturated heterocycles. The summed E-state index contributed by atoms with van der Waals surface area (Å²) in [6.07, 6.45) is 2.82. The molecule has 2 aliphatic rings. The highest BCUT2D eigenvalue weighted by Gasteiger charge is 2.32. The Morgan fingerprint density at radius 2 is 1.71 bits per heavy atom. The van der Waals surface area contributed by atoms with Crippen LogP contribution in [0.2, 0.25) is 5.02 Å². The van der Waals surface area contributed by atoms with Gasteiger partial charge in [-0.3, -0.25) is 9.69 Å². The Labute approximate surface area is 161 Å². The summed E-state index contributed by atoms with van der Waals surface area (Å²) in [5.41, 5.74) is 7.19. The van der Waals surface area contributed by atoms with Gasteiger partial charge in [-0.25, -0.2) is 0 Å². The Morgan fingerprint density at radius 1 is 1.08 bits per heavy atom. The van der Waals surface area contributed by atoms with Crippen LogP contribution in [-0.4, -0.2) is 47.9 Å². The first-order chi connectivity index (χ1) is 10.6. The molecule has 3 rings (SSSR count). The third-order valence-electron chi connectivity index (χ3n) is 4.83. The number of nitrogens with two attached hydrogens (primary N) is 1. The predicted molar refractivity (Wildman–Crippen MR) is 103 cm³/mol. The first-order valence-corrected chi connectivity index (χ1v) is 8.51. The summed E-state index contributed by atoms with van der Waals surface area (Å²) in [6.45, 7) is 4.46. The van der Waals surface area contributed by atoms with Crippen molar-refractivity contribution in [2.45, 2.75) is 31.8 Å². The van der Waals surface area contributed by atoms with E-state index >= 15 is 0 Å². The van der Waals surface area contributed by atoms with Crippen molar-refractivity contribution in [3.63, 3.8) is 0 Å². The van der Waals surface area contributed by atoms with Gasteiger partial charge in [0.2, 0.25) is 5.91 Å². The van der Waals surface area contributed by atoms with Gasteiger partial charge in [0, 0.05) is 49.7 Å². The minimum absolute atomic E-state index is 0. The first kappa shape index (κ1) is 21.5. The Balaban J connectivity index is 0.00000144. The van der Waals surface area contributed by atoms with Crippen molar-refractivity contribution in [1.82, 2.24) is 9.80 Å². The van der Waals surface area contributed by atoms with E-state index in [4.69, 9.17) is 17.3 Å². The van der Waals surface area contributed by atoms with E-state index < -0.39 is 0 Å². The molecule has 1 aromatic carbocycles. The molecular formula is C17H26Cl3N3O. The Morgan fingerprint density at radius 3 is 2.25 bits per heavy atom. The van der Waals surface area contributed by atoms with E-state index in [1.54, 1.807) is 0 Å². The SMILES string of the molecule is Cl.Cl.NC1CCC(C(=O)N2CCN(Cc3ccc(Cl)cc3)CC2)C1. The van der Waals surface area contributed by atoms with E-state index in [-0.39, 0.29) is 36.8 Å². The number of halogens is 3. The molecule has 1 amide bonds. The summed E-state index contributed by atoms with van der Waals surface area (Å²) in [7, 11) is 0. The summed E-state index contributed by atoms with van der Waals surface area (Å²) in [6, 6.07) is 8.22. The van der Waals surface area contributed by atoms with E-state index in [1.807, 2.05) is 17.0 Å². The second kappa shape index (κ2) is 9.83. The smallest absolute Gasteiger partial charge is 0.225 e. The van der Waals surface area contributed by atoms with Crippen molar-refractivity contribution in [3.8, 4) is 0 Å². The Bertz CT molecular complexity index is 518. The molecule has 1 saturated carbocycles. The standard InChI is InChI=1S/C17H24ClN3O.2ClH/c18-15-4-1-13(2-5-15)12-20-7-9-21(10-8-20)17(22)14-3-6-16(19)11-14;;/h1-2,4-5,14,16H,3,6-12,19H2;2*1H. The Kier molecular flexibility index (Phi) is 8.82. The number of rotatable bonds is 3. The van der Waals surface area contributed by atoms with Gasteiger partial charge in [0.25, 0.3) is 0 Å². The number of carbonyl (C=O) groups excluding carboxylic acids is 1. The second-order valence-electron chi connectivity index (χ2n) is 6.50. The van der Waals surface area contributed by atoms with Gasteiger partial charge in [-0.05, 0) is 37.0 Å². The van der Waals surface area contributed by atoms with Gasteiger partial charge >= 0.3 is 0 Å². The zero-order valence-corrected chi connectivity index (χ0v) is 16.1. The first-order valence-electron chi connectivity index (χ1n) is 8.13. The number of piperazine rings is 1. The van der Waals surface area contributed by atoms with Crippen LogP contribution < -0.4 is 5.73 Å². The van der Waals surface area contributed by atoms with Crippen molar-refractivity contribution >= 4 is 42.3 Å². The summed E-state index contributed by atoms with van der Waals surface area (Å²) >= 11 is 5.91. The molecule has 0 spiro atoms. The minimum atomic E-state index is 0. The van der Waals surface area contributed by atoms with Gasteiger partial charge in [-0.1, -0.05) is 23.7 Å². The molecule has 4 nitrogen and oxygen atoms in total. The van der Waals surface area contributed by atoms with Crippen LogP contribution in [0.1, 0.15) is 24.8 Å². The highest BCUT2D eigenvalue weighted by molar-refractivity contribution is 6.30. The van der Waals surface area contributed by atoms with Gasteiger partial charge in [0.1, 0.15) is 0 Å². The van der Waals surface area contributed by atoms with Gasteiger partial charge in [-0.2, -0.15) is 0 Å². The van der Waals surface area contributed by atoms with Crippen molar-refractivity contribution in [2.24, 2.45) is 11.7 Å². The minimum Gasteiger partial charge on any atom is -0.340 e. The molecule has 0 radical (unpaired) electrons. The molecule has 7 heteroatoms. The molecule has 2 N–H and O–H groups in total. The third kappa shape index (κ3) is 5.50. The highest BCUT2D eigenvalue weighted by atomic mass is 35.5. The van der Waals surface area contributed by atoms with Crippen molar-refractivity contribution in [3.05, 3.63) is 34.9 Å². The molecule has 136 valence electrons. The summed E-state index contributed by atoms with van der Waals surface area (Å²) in [4.78, 5) is 16.9. The number of benzene rings is 1. The van der Waals surface area contributed by atoms with Crippen LogP contribution in [-0.2, 0) is 11.3 Å². The van der Waals surface area contributed by atoms with Crippen LogP contribution in [0.3, 0.4) is 0 Å². The molecule has 0 aromatic heterocycles. The zero-order valence-electron chi connectivity index (χ0n) is 13.7. The van der Waals surface area contributed by atoms with Gasteiger partial charge < -0.3 is 10.6 Å². The summed E-state index contributed by atoms with van der Waals surface area (Å²) in [5.74, 6) is 0.483. The van der Waals surface area contributed by atoms with Gasteiger partial charge in [0.15, 0.2) is 0 Å². The average molecular weight is 395 g/mol.